The minimum absolute atomic E-state index is 0.180. The molecule has 67 heavy (non-hydrogen) atoms. The van der Waals surface area contributed by atoms with Gasteiger partial charge >= 0.3 is 23.4 Å². The Bertz CT molecular complexity index is 3230. The van der Waals surface area contributed by atoms with Crippen LogP contribution in [0.4, 0.5) is 52.7 Å². The summed E-state index contributed by atoms with van der Waals surface area (Å²) in [4.78, 5) is 11.1. The Balaban J connectivity index is 0.000000251. The second kappa shape index (κ2) is 18.3. The number of hydrogen-bond acceptors (Lipinski definition) is 15. The van der Waals surface area contributed by atoms with Crippen molar-refractivity contribution in [3.8, 4) is 46.1 Å². The molecule has 17 nitrogen and oxygen atoms in total. The van der Waals surface area contributed by atoms with Crippen LogP contribution in [0, 0.1) is 0 Å². The highest BCUT2D eigenvalue weighted by atomic mass is 32.2. The fourth-order valence-corrected chi connectivity index (χ4v) is 9.10. The van der Waals surface area contributed by atoms with Crippen LogP contribution in [-0.4, -0.2) is 101 Å². The molecule has 362 valence electrons. The molecule has 0 amide bonds. The number of aromatic nitrogens is 10. The van der Waals surface area contributed by atoms with Gasteiger partial charge in [-0.2, -0.15) is 52.7 Å². The molecule has 1 unspecified atom stereocenters. The van der Waals surface area contributed by atoms with E-state index in [2.05, 4.69) is 40.3 Å². The number of halogens is 12. The van der Waals surface area contributed by atoms with E-state index in [1.165, 1.54) is 27.9 Å². The van der Waals surface area contributed by atoms with Crippen LogP contribution < -0.4 is 0 Å². The van der Waals surface area contributed by atoms with E-state index in [0.29, 0.717) is 42.7 Å². The minimum atomic E-state index is -5.92. The monoisotopic (exact) mass is 1040 g/mol. The minimum Gasteiger partial charge on any atom is -0.307 e. The lowest BCUT2D eigenvalue weighted by Gasteiger charge is -2.12. The van der Waals surface area contributed by atoms with Crippen molar-refractivity contribution in [3.63, 3.8) is 0 Å². The van der Waals surface area contributed by atoms with Gasteiger partial charge in [0.1, 0.15) is 22.8 Å². The summed E-state index contributed by atoms with van der Waals surface area (Å²) in [6.07, 6.45) is -6.68. The summed E-state index contributed by atoms with van der Waals surface area (Å²) in [5, 5.41) is 14.9. The molecule has 6 heterocycles. The molecule has 0 fully saturated rings. The van der Waals surface area contributed by atoms with Crippen molar-refractivity contribution in [2.45, 2.75) is 56.8 Å². The first kappa shape index (κ1) is 52.0. The Kier molecular flexibility index (Phi) is 14.2. The van der Waals surface area contributed by atoms with E-state index in [-0.39, 0.29) is 34.7 Å². The summed E-state index contributed by atoms with van der Waals surface area (Å²) >= 11 is 0. The Hall–Kier alpha value is -5.96. The average Bonchev–Trinajstić information content (AvgIpc) is 3.83. The van der Waals surface area contributed by atoms with E-state index in [9.17, 15) is 82.1 Å². The van der Waals surface area contributed by atoms with E-state index in [0.717, 1.165) is 27.6 Å². The van der Waals surface area contributed by atoms with Gasteiger partial charge in [-0.1, -0.05) is 13.8 Å². The molecular formula is C34H26F12N10O7S4. The normalized spacial score (nSPS) is 13.6. The van der Waals surface area contributed by atoms with Gasteiger partial charge in [-0.25, -0.2) is 29.5 Å². The van der Waals surface area contributed by atoms with Crippen molar-refractivity contribution < 1.29 is 82.1 Å². The fourth-order valence-electron chi connectivity index (χ4n) is 5.47. The molecule has 0 bridgehead atoms. The second-order valence-corrected chi connectivity index (χ2v) is 21.1. The zero-order valence-corrected chi connectivity index (χ0v) is 37.0. The van der Waals surface area contributed by atoms with Gasteiger partial charge in [0.2, 0.25) is 0 Å². The van der Waals surface area contributed by atoms with Crippen LogP contribution in [-0.2, 0) is 66.8 Å². The topological polar surface area (TPSA) is 232 Å². The van der Waals surface area contributed by atoms with Crippen LogP contribution in [0.25, 0.3) is 46.1 Å². The molecule has 0 spiro atoms. The number of alkyl halides is 12. The van der Waals surface area contributed by atoms with E-state index in [1.54, 1.807) is 0 Å². The number of hydrogen-bond donors (Lipinski definition) is 0. The van der Waals surface area contributed by atoms with E-state index >= 15 is 0 Å². The third kappa shape index (κ3) is 10.8. The van der Waals surface area contributed by atoms with Crippen LogP contribution in [0.15, 0.2) is 80.8 Å². The molecule has 0 saturated carbocycles. The van der Waals surface area contributed by atoms with Crippen molar-refractivity contribution in [2.75, 3.05) is 11.5 Å². The standard InChI is InChI=1S/C17H13F6N5O4S2.C17H13F6N5O3S2/c1-3-33(29,30)12-7-10(34(31,32)17(21,22)23)8-25-13(12)15-27-26-14(28(15)2)11-6-9(4-5-24-11)16(18,19)20;1-3-33(30,31)12-7-10(32(29)17(21,22)23)8-25-13(12)15-27-26-14(28(15)2)11-6-9(4-5-24-11)16(18,19)20/h4-8H,3H2,1-2H3;4-8H,3H2,1-2H3. The summed E-state index contributed by atoms with van der Waals surface area (Å²) < 4.78 is 243. The molecule has 0 saturated heterocycles. The summed E-state index contributed by atoms with van der Waals surface area (Å²) in [6, 6.07) is 3.73. The predicted molar refractivity (Wildman–Crippen MR) is 206 cm³/mol. The second-order valence-electron chi connectivity index (χ2n) is 13.2. The first-order chi connectivity index (χ1) is 30.7. The fraction of sp³-hybridized carbons (Fsp3) is 0.294. The zero-order valence-electron chi connectivity index (χ0n) is 33.7. The highest BCUT2D eigenvalue weighted by Gasteiger charge is 2.48. The number of rotatable bonds is 10. The molecule has 0 radical (unpaired) electrons. The molecule has 1 atom stereocenters. The first-order valence-electron chi connectivity index (χ1n) is 17.8. The van der Waals surface area contributed by atoms with Crippen LogP contribution in [0.3, 0.4) is 0 Å². The Morgan fingerprint density at radius 2 is 0.940 bits per heavy atom. The van der Waals surface area contributed by atoms with Crippen molar-refractivity contribution in [2.24, 2.45) is 14.1 Å². The number of pyridine rings is 4. The Morgan fingerprint density at radius 3 is 1.31 bits per heavy atom. The largest absolute Gasteiger partial charge is 0.501 e. The van der Waals surface area contributed by atoms with Crippen molar-refractivity contribution in [3.05, 3.63) is 72.3 Å². The molecule has 0 aliphatic carbocycles. The van der Waals surface area contributed by atoms with Crippen molar-refractivity contribution in [1.82, 2.24) is 49.5 Å². The van der Waals surface area contributed by atoms with Gasteiger partial charge in [0, 0.05) is 38.9 Å². The van der Waals surface area contributed by atoms with E-state index < -0.39 is 117 Å². The summed E-state index contributed by atoms with van der Waals surface area (Å²) in [5.41, 5.74) is -14.4. The average molecular weight is 1040 g/mol. The number of sulfone groups is 3. The molecule has 6 rings (SSSR count). The van der Waals surface area contributed by atoms with Crippen molar-refractivity contribution >= 4 is 40.3 Å². The molecule has 0 aliphatic heterocycles. The third-order valence-corrected chi connectivity index (χ3v) is 14.9. The molecular weight excluding hydrogens is 1020 g/mol. The smallest absolute Gasteiger partial charge is 0.307 e. The Labute approximate surface area is 371 Å². The van der Waals surface area contributed by atoms with Gasteiger partial charge in [-0.15, -0.1) is 20.4 Å². The maximum atomic E-state index is 13.0. The van der Waals surface area contributed by atoms with Crippen LogP contribution >= 0.6 is 0 Å². The number of nitrogens with zero attached hydrogens (tertiary/aromatic N) is 10. The van der Waals surface area contributed by atoms with E-state index in [4.69, 9.17) is 0 Å². The molecule has 0 aliphatic rings. The molecule has 6 aromatic heterocycles. The summed E-state index contributed by atoms with van der Waals surface area (Å²) in [6.45, 7) is 2.40. The molecule has 6 aromatic rings. The third-order valence-electron chi connectivity index (χ3n) is 8.93. The maximum absolute atomic E-state index is 13.0. The van der Waals surface area contributed by atoms with Gasteiger partial charge in [-0.3, -0.25) is 19.9 Å². The Morgan fingerprint density at radius 1 is 0.552 bits per heavy atom. The van der Waals surface area contributed by atoms with Gasteiger partial charge in [0.25, 0.3) is 9.84 Å². The van der Waals surface area contributed by atoms with Crippen LogP contribution in [0.2, 0.25) is 0 Å². The van der Waals surface area contributed by atoms with Gasteiger partial charge in [0.15, 0.2) is 53.8 Å². The van der Waals surface area contributed by atoms with Crippen molar-refractivity contribution in [1.29, 1.82) is 0 Å². The molecule has 33 heteroatoms. The highest BCUT2D eigenvalue weighted by molar-refractivity contribution is 7.93. The van der Waals surface area contributed by atoms with Gasteiger partial charge in [0.05, 0.1) is 42.2 Å². The van der Waals surface area contributed by atoms with Gasteiger partial charge in [-0.05, 0) is 36.4 Å². The maximum Gasteiger partial charge on any atom is 0.501 e. The van der Waals surface area contributed by atoms with E-state index in [1.807, 2.05) is 0 Å². The molecule has 0 aromatic carbocycles. The van der Waals surface area contributed by atoms with Crippen LogP contribution in [0.5, 0.6) is 0 Å². The molecule has 0 N–H and O–H groups in total. The van der Waals surface area contributed by atoms with Crippen LogP contribution in [0.1, 0.15) is 25.0 Å². The highest BCUT2D eigenvalue weighted by Crippen LogP contribution is 2.37. The predicted octanol–water partition coefficient (Wildman–Crippen LogP) is 6.42. The lowest BCUT2D eigenvalue weighted by atomic mass is 10.2. The summed E-state index contributed by atoms with van der Waals surface area (Å²) in [7, 11) is -15.5. The SMILES string of the molecule is CCS(=O)(=O)c1cc(S(=O)(=O)C(F)(F)F)cnc1-c1nnc(-c2cc(C(F)(F)F)ccn2)n1C.CCS(=O)(=O)c1cc(S(=O)C(F)(F)F)cnc1-c1nnc(-c2cc(C(F)(F)F)ccn2)n1C. The quantitative estimate of drug-likeness (QED) is 0.135. The lowest BCUT2D eigenvalue weighted by Crippen LogP contribution is -2.24. The summed E-state index contributed by atoms with van der Waals surface area (Å²) in [5.74, 6) is -2.20. The van der Waals surface area contributed by atoms with Gasteiger partial charge < -0.3 is 9.13 Å². The lowest BCUT2D eigenvalue weighted by molar-refractivity contribution is -0.138. The zero-order chi connectivity index (χ0) is 50.5. The first-order valence-corrected chi connectivity index (χ1v) is 23.7.